The van der Waals surface area contributed by atoms with E-state index >= 15 is 0 Å². The van der Waals surface area contributed by atoms with E-state index in [2.05, 4.69) is 0 Å². The predicted octanol–water partition coefficient (Wildman–Crippen LogP) is 2.18. The van der Waals surface area contributed by atoms with Crippen LogP contribution in [0.2, 0.25) is 0 Å². The lowest BCUT2D eigenvalue weighted by Gasteiger charge is -2.14. The van der Waals surface area contributed by atoms with Crippen LogP contribution in [0.5, 0.6) is 0 Å². The molecule has 17 heavy (non-hydrogen) atoms. The van der Waals surface area contributed by atoms with E-state index in [4.69, 9.17) is 0 Å². The van der Waals surface area contributed by atoms with Crippen LogP contribution >= 0.6 is 11.3 Å². The largest absolute Gasteiger partial charge is 0.275 e. The molecular weight excluding hydrogens is 258 g/mol. The van der Waals surface area contributed by atoms with E-state index in [1.54, 1.807) is 6.07 Å². The Balaban J connectivity index is 2.34. The van der Waals surface area contributed by atoms with Gasteiger partial charge in [0.25, 0.3) is 10.0 Å². The summed E-state index contributed by atoms with van der Waals surface area (Å²) in [5, 5.41) is 1.85. The summed E-state index contributed by atoms with van der Waals surface area (Å²) in [6, 6.07) is 1.68. The normalized spacial score (nSPS) is 17.1. The highest BCUT2D eigenvalue weighted by Crippen LogP contribution is 2.29. The van der Waals surface area contributed by atoms with Gasteiger partial charge in [-0.3, -0.25) is 4.79 Å². The van der Waals surface area contributed by atoms with Crippen molar-refractivity contribution in [3.05, 3.63) is 17.0 Å². The summed E-state index contributed by atoms with van der Waals surface area (Å²) in [5.74, 6) is 0.00831. The molecule has 6 heteroatoms. The summed E-state index contributed by atoms with van der Waals surface area (Å²) in [6.07, 6.45) is 0.960. The van der Waals surface area contributed by atoms with Crippen LogP contribution in [0.25, 0.3) is 0 Å². The fourth-order valence-corrected chi connectivity index (χ4v) is 4.68. The molecule has 1 aromatic heterocycles. The average molecular weight is 273 g/mol. The molecule has 2 rings (SSSR count). The summed E-state index contributed by atoms with van der Waals surface area (Å²) >= 11 is 1.19. The minimum atomic E-state index is -3.60. The number of sulfonamides is 1. The first-order chi connectivity index (χ1) is 7.93. The molecule has 1 fully saturated rings. The summed E-state index contributed by atoms with van der Waals surface area (Å²) in [5.41, 5.74) is 1.00. The van der Waals surface area contributed by atoms with Crippen molar-refractivity contribution in [2.24, 2.45) is 0 Å². The van der Waals surface area contributed by atoms with Gasteiger partial charge in [-0.2, -0.15) is 0 Å². The lowest BCUT2D eigenvalue weighted by Crippen LogP contribution is -2.31. The van der Waals surface area contributed by atoms with E-state index in [0.29, 0.717) is 25.3 Å². The van der Waals surface area contributed by atoms with E-state index in [-0.39, 0.29) is 10.1 Å². The Labute approximate surface area is 105 Å². The SMILES string of the molecule is CC(C)c1csc(S(=O)(=O)N2CCCC2=O)c1. The second kappa shape index (κ2) is 4.42. The topological polar surface area (TPSA) is 54.5 Å². The van der Waals surface area contributed by atoms with Crippen molar-refractivity contribution in [2.45, 2.75) is 36.8 Å². The first-order valence-electron chi connectivity index (χ1n) is 5.57. The predicted molar refractivity (Wildman–Crippen MR) is 66.5 cm³/mol. The third-order valence-corrected chi connectivity index (χ3v) is 6.09. The van der Waals surface area contributed by atoms with Crippen LogP contribution in [-0.4, -0.2) is 25.2 Å². The third-order valence-electron chi connectivity index (χ3n) is 2.84. The van der Waals surface area contributed by atoms with Crippen LogP contribution in [0.1, 0.15) is 38.2 Å². The summed E-state index contributed by atoms with van der Waals surface area (Å²) in [4.78, 5) is 11.5. The first-order valence-corrected chi connectivity index (χ1v) is 7.89. The zero-order chi connectivity index (χ0) is 12.6. The van der Waals surface area contributed by atoms with Gasteiger partial charge in [0.2, 0.25) is 5.91 Å². The molecule has 0 saturated carbocycles. The molecule has 1 aromatic rings. The number of carbonyl (C=O) groups excluding carboxylic acids is 1. The van der Waals surface area contributed by atoms with Gasteiger partial charge in [-0.1, -0.05) is 13.8 Å². The molecule has 94 valence electrons. The number of nitrogens with zero attached hydrogens (tertiary/aromatic N) is 1. The molecular formula is C11H15NO3S2. The fourth-order valence-electron chi connectivity index (χ4n) is 1.75. The van der Waals surface area contributed by atoms with Gasteiger partial charge in [0.15, 0.2) is 0 Å². The number of amides is 1. The molecule has 0 radical (unpaired) electrons. The van der Waals surface area contributed by atoms with Crippen molar-refractivity contribution in [3.63, 3.8) is 0 Å². The number of carbonyl (C=O) groups is 1. The fraction of sp³-hybridized carbons (Fsp3) is 0.545. The summed E-state index contributed by atoms with van der Waals surface area (Å²) in [6.45, 7) is 4.34. The van der Waals surface area contributed by atoms with Gasteiger partial charge in [-0.25, -0.2) is 12.7 Å². The van der Waals surface area contributed by atoms with Crippen LogP contribution in [0.4, 0.5) is 0 Å². The zero-order valence-corrected chi connectivity index (χ0v) is 11.5. The van der Waals surface area contributed by atoms with E-state index < -0.39 is 10.0 Å². The molecule has 1 amide bonds. The van der Waals surface area contributed by atoms with Gasteiger partial charge in [0.05, 0.1) is 0 Å². The minimum Gasteiger partial charge on any atom is -0.274 e. The van der Waals surface area contributed by atoms with Crippen molar-refractivity contribution in [2.75, 3.05) is 6.54 Å². The first kappa shape index (κ1) is 12.6. The number of thiophene rings is 1. The molecule has 2 heterocycles. The van der Waals surface area contributed by atoms with Crippen LogP contribution in [0, 0.1) is 0 Å². The maximum absolute atomic E-state index is 12.2. The molecule has 1 aliphatic rings. The molecule has 0 unspecified atom stereocenters. The van der Waals surface area contributed by atoms with Gasteiger partial charge in [0.1, 0.15) is 4.21 Å². The van der Waals surface area contributed by atoms with Crippen molar-refractivity contribution >= 4 is 27.3 Å². The maximum Gasteiger partial charge on any atom is 0.275 e. The summed E-state index contributed by atoms with van der Waals surface area (Å²) < 4.78 is 25.7. The molecule has 0 N–H and O–H groups in total. The minimum absolute atomic E-state index is 0.274. The maximum atomic E-state index is 12.2. The molecule has 0 atom stereocenters. The van der Waals surface area contributed by atoms with Gasteiger partial charge in [0, 0.05) is 13.0 Å². The van der Waals surface area contributed by atoms with Crippen LogP contribution in [0.3, 0.4) is 0 Å². The second-order valence-electron chi connectivity index (χ2n) is 4.43. The monoisotopic (exact) mass is 273 g/mol. The van der Waals surface area contributed by atoms with Crippen LogP contribution in [0.15, 0.2) is 15.7 Å². The molecule has 0 spiro atoms. The Morgan fingerprint density at radius 1 is 1.41 bits per heavy atom. The lowest BCUT2D eigenvalue weighted by atomic mass is 10.1. The molecule has 0 aromatic carbocycles. The van der Waals surface area contributed by atoms with E-state index in [1.165, 1.54) is 11.3 Å². The van der Waals surface area contributed by atoms with Crippen molar-refractivity contribution in [1.29, 1.82) is 0 Å². The second-order valence-corrected chi connectivity index (χ2v) is 7.43. The van der Waals surface area contributed by atoms with Crippen LogP contribution in [-0.2, 0) is 14.8 Å². The Hall–Kier alpha value is -0.880. The Morgan fingerprint density at radius 3 is 2.59 bits per heavy atom. The Kier molecular flexibility index (Phi) is 3.27. The zero-order valence-electron chi connectivity index (χ0n) is 9.84. The highest BCUT2D eigenvalue weighted by molar-refractivity contribution is 7.91. The smallest absolute Gasteiger partial charge is 0.274 e. The van der Waals surface area contributed by atoms with Gasteiger partial charge >= 0.3 is 0 Å². The molecule has 1 saturated heterocycles. The van der Waals surface area contributed by atoms with E-state index in [1.807, 2.05) is 19.2 Å². The highest BCUT2D eigenvalue weighted by atomic mass is 32.2. The molecule has 0 aliphatic carbocycles. The van der Waals surface area contributed by atoms with E-state index in [0.717, 1.165) is 9.87 Å². The number of hydrogen-bond donors (Lipinski definition) is 0. The number of rotatable bonds is 3. The summed E-state index contributed by atoms with van der Waals surface area (Å²) in [7, 11) is -3.60. The lowest BCUT2D eigenvalue weighted by molar-refractivity contribution is -0.123. The third kappa shape index (κ3) is 2.24. The number of hydrogen-bond acceptors (Lipinski definition) is 4. The van der Waals surface area contributed by atoms with Gasteiger partial charge in [-0.05, 0) is 29.3 Å². The van der Waals surface area contributed by atoms with Crippen molar-refractivity contribution in [1.82, 2.24) is 4.31 Å². The Morgan fingerprint density at radius 2 is 2.12 bits per heavy atom. The Bertz CT molecular complexity index is 531. The molecule has 1 aliphatic heterocycles. The molecule has 0 bridgehead atoms. The van der Waals surface area contributed by atoms with Crippen molar-refractivity contribution < 1.29 is 13.2 Å². The van der Waals surface area contributed by atoms with E-state index in [9.17, 15) is 13.2 Å². The molecule has 4 nitrogen and oxygen atoms in total. The van der Waals surface area contributed by atoms with Gasteiger partial charge < -0.3 is 0 Å². The van der Waals surface area contributed by atoms with Gasteiger partial charge in [-0.15, -0.1) is 11.3 Å². The average Bonchev–Trinajstić information content (AvgIpc) is 2.84. The van der Waals surface area contributed by atoms with Crippen molar-refractivity contribution in [3.8, 4) is 0 Å². The quantitative estimate of drug-likeness (QED) is 0.848. The van der Waals surface area contributed by atoms with Crippen LogP contribution < -0.4 is 0 Å². The highest BCUT2D eigenvalue weighted by Gasteiger charge is 2.33. The standard InChI is InChI=1S/C11H15NO3S2/c1-8(2)9-6-11(16-7-9)17(14,15)12-5-3-4-10(12)13/h6-8H,3-5H2,1-2H3.